The molecule has 2 saturated heterocycles. The minimum atomic E-state index is 0.712. The van der Waals surface area contributed by atoms with Crippen molar-refractivity contribution in [3.63, 3.8) is 0 Å². The predicted molar refractivity (Wildman–Crippen MR) is 71.4 cm³/mol. The van der Waals surface area contributed by atoms with Gasteiger partial charge in [0.25, 0.3) is 0 Å². The predicted octanol–water partition coefficient (Wildman–Crippen LogP) is 1.08. The number of benzene rings is 1. The van der Waals surface area contributed by atoms with E-state index in [4.69, 9.17) is 5.73 Å². The van der Waals surface area contributed by atoms with Gasteiger partial charge in [0.15, 0.2) is 0 Å². The van der Waals surface area contributed by atoms with Gasteiger partial charge in [-0.1, -0.05) is 18.2 Å². The van der Waals surface area contributed by atoms with Crippen LogP contribution in [0.2, 0.25) is 0 Å². The largest absolute Gasteiger partial charge is 0.365 e. The van der Waals surface area contributed by atoms with E-state index < -0.39 is 0 Å². The maximum atomic E-state index is 5.70. The highest BCUT2D eigenvalue weighted by molar-refractivity contribution is 5.56. The Balaban J connectivity index is 1.86. The van der Waals surface area contributed by atoms with Crippen LogP contribution in [0.25, 0.3) is 0 Å². The summed E-state index contributed by atoms with van der Waals surface area (Å²) < 4.78 is 0. The van der Waals surface area contributed by atoms with Gasteiger partial charge >= 0.3 is 0 Å². The van der Waals surface area contributed by atoms with Gasteiger partial charge in [-0.05, 0) is 38.1 Å². The SMILES string of the molecule is CN1CC2CC1CN2c1ccccc1CCN. The van der Waals surface area contributed by atoms with Gasteiger partial charge in [-0.2, -0.15) is 0 Å². The molecule has 17 heavy (non-hydrogen) atoms. The third-order valence-corrected chi connectivity index (χ3v) is 4.23. The summed E-state index contributed by atoms with van der Waals surface area (Å²) in [5.41, 5.74) is 8.52. The van der Waals surface area contributed by atoms with E-state index in [1.54, 1.807) is 0 Å². The van der Waals surface area contributed by atoms with Crippen LogP contribution in [0.5, 0.6) is 0 Å². The number of nitrogens with zero attached hydrogens (tertiary/aromatic N) is 2. The molecule has 0 aromatic heterocycles. The molecule has 0 amide bonds. The first kappa shape index (κ1) is 11.1. The van der Waals surface area contributed by atoms with Crippen molar-refractivity contribution < 1.29 is 0 Å². The molecule has 3 rings (SSSR count). The lowest BCUT2D eigenvalue weighted by atomic mass is 10.1. The Morgan fingerprint density at radius 1 is 1.24 bits per heavy atom. The molecule has 1 aromatic carbocycles. The van der Waals surface area contributed by atoms with Crippen molar-refractivity contribution in [3.8, 4) is 0 Å². The minimum absolute atomic E-state index is 0.712. The van der Waals surface area contributed by atoms with Crippen LogP contribution in [0.4, 0.5) is 5.69 Å². The van der Waals surface area contributed by atoms with Crippen molar-refractivity contribution in [1.29, 1.82) is 0 Å². The maximum absolute atomic E-state index is 5.70. The third kappa shape index (κ3) is 1.83. The Hall–Kier alpha value is -1.06. The molecule has 2 aliphatic rings. The van der Waals surface area contributed by atoms with Crippen molar-refractivity contribution >= 4 is 5.69 Å². The van der Waals surface area contributed by atoms with Gasteiger partial charge in [-0.15, -0.1) is 0 Å². The summed E-state index contributed by atoms with van der Waals surface area (Å²) in [6.07, 6.45) is 2.31. The summed E-state index contributed by atoms with van der Waals surface area (Å²) in [6.45, 7) is 3.13. The second-order valence-electron chi connectivity index (χ2n) is 5.30. The number of hydrogen-bond donors (Lipinski definition) is 1. The number of para-hydroxylation sites is 1. The van der Waals surface area contributed by atoms with E-state index in [1.807, 2.05) is 0 Å². The lowest BCUT2D eigenvalue weighted by Crippen LogP contribution is -2.44. The molecule has 2 N–H and O–H groups in total. The van der Waals surface area contributed by atoms with Gasteiger partial charge in [-0.3, -0.25) is 4.90 Å². The Bertz CT molecular complexity index is 402. The summed E-state index contributed by atoms with van der Waals surface area (Å²) in [5.74, 6) is 0. The number of hydrogen-bond acceptors (Lipinski definition) is 3. The molecule has 92 valence electrons. The van der Waals surface area contributed by atoms with Gasteiger partial charge in [0.05, 0.1) is 0 Å². The molecule has 3 nitrogen and oxygen atoms in total. The fraction of sp³-hybridized carbons (Fsp3) is 0.571. The first-order valence-corrected chi connectivity index (χ1v) is 6.54. The van der Waals surface area contributed by atoms with Crippen LogP contribution in [0.1, 0.15) is 12.0 Å². The van der Waals surface area contributed by atoms with Gasteiger partial charge in [0.2, 0.25) is 0 Å². The standard InChI is InChI=1S/C14H21N3/c1-16-9-13-8-12(16)10-17(13)14-5-3-2-4-11(14)6-7-15/h2-5,12-13H,6-10,15H2,1H3. The summed E-state index contributed by atoms with van der Waals surface area (Å²) in [7, 11) is 2.24. The fourth-order valence-corrected chi connectivity index (χ4v) is 3.32. The van der Waals surface area contributed by atoms with E-state index in [0.29, 0.717) is 6.04 Å². The monoisotopic (exact) mass is 231 g/mol. The molecule has 2 aliphatic heterocycles. The molecule has 2 unspecified atom stereocenters. The quantitative estimate of drug-likeness (QED) is 0.845. The van der Waals surface area contributed by atoms with E-state index in [2.05, 4.69) is 41.1 Å². The zero-order valence-corrected chi connectivity index (χ0v) is 10.5. The number of anilines is 1. The Labute approximate surface area is 103 Å². The van der Waals surface area contributed by atoms with E-state index in [0.717, 1.165) is 19.0 Å². The highest BCUT2D eigenvalue weighted by atomic mass is 15.3. The molecular formula is C14H21N3. The molecular weight excluding hydrogens is 210 g/mol. The molecule has 0 radical (unpaired) electrons. The van der Waals surface area contributed by atoms with Crippen molar-refractivity contribution in [2.45, 2.75) is 24.9 Å². The second kappa shape index (κ2) is 4.31. The third-order valence-electron chi connectivity index (χ3n) is 4.23. The number of rotatable bonds is 3. The fourth-order valence-electron chi connectivity index (χ4n) is 3.32. The van der Waals surface area contributed by atoms with Crippen molar-refractivity contribution in [1.82, 2.24) is 4.90 Å². The summed E-state index contributed by atoms with van der Waals surface area (Å²) in [6, 6.07) is 10.2. The van der Waals surface area contributed by atoms with Gasteiger partial charge in [0, 0.05) is 30.9 Å². The molecule has 1 aromatic rings. The van der Waals surface area contributed by atoms with Crippen LogP contribution in [0.3, 0.4) is 0 Å². The lowest BCUT2D eigenvalue weighted by Gasteiger charge is -2.34. The Morgan fingerprint density at radius 2 is 2.06 bits per heavy atom. The first-order chi connectivity index (χ1) is 8.29. The zero-order valence-electron chi connectivity index (χ0n) is 10.5. The second-order valence-corrected chi connectivity index (χ2v) is 5.30. The van der Waals surface area contributed by atoms with E-state index in [9.17, 15) is 0 Å². The van der Waals surface area contributed by atoms with Gasteiger partial charge in [0.1, 0.15) is 0 Å². The number of fused-ring (bicyclic) bond motifs is 2. The van der Waals surface area contributed by atoms with E-state index in [-0.39, 0.29) is 0 Å². The summed E-state index contributed by atoms with van der Waals surface area (Å²) >= 11 is 0. The highest BCUT2D eigenvalue weighted by Gasteiger charge is 2.41. The normalized spacial score (nSPS) is 28.0. The van der Waals surface area contributed by atoms with Gasteiger partial charge in [-0.25, -0.2) is 0 Å². The van der Waals surface area contributed by atoms with Crippen LogP contribution in [0, 0.1) is 0 Å². The zero-order chi connectivity index (χ0) is 11.8. The molecule has 2 bridgehead atoms. The van der Waals surface area contributed by atoms with Crippen LogP contribution in [-0.4, -0.2) is 43.7 Å². The number of likely N-dealkylation sites (N-methyl/N-ethyl adjacent to an activating group) is 1. The van der Waals surface area contributed by atoms with Crippen LogP contribution in [0.15, 0.2) is 24.3 Å². The van der Waals surface area contributed by atoms with E-state index in [1.165, 1.54) is 30.8 Å². The first-order valence-electron chi connectivity index (χ1n) is 6.54. The van der Waals surface area contributed by atoms with Crippen molar-refractivity contribution in [2.75, 3.05) is 31.6 Å². The average molecular weight is 231 g/mol. The molecule has 3 heteroatoms. The van der Waals surface area contributed by atoms with Crippen LogP contribution in [-0.2, 0) is 6.42 Å². The average Bonchev–Trinajstić information content (AvgIpc) is 2.89. The summed E-state index contributed by atoms with van der Waals surface area (Å²) in [5, 5.41) is 0. The smallest absolute Gasteiger partial charge is 0.0433 e. The molecule has 2 atom stereocenters. The number of piperazine rings is 1. The Kier molecular flexibility index (Phi) is 2.81. The van der Waals surface area contributed by atoms with Crippen LogP contribution < -0.4 is 10.6 Å². The number of likely N-dealkylation sites (tertiary alicyclic amines) is 1. The number of nitrogens with two attached hydrogens (primary N) is 1. The molecule has 0 spiro atoms. The maximum Gasteiger partial charge on any atom is 0.0433 e. The molecule has 2 heterocycles. The lowest BCUT2D eigenvalue weighted by molar-refractivity contribution is 0.292. The molecule has 2 fully saturated rings. The highest BCUT2D eigenvalue weighted by Crippen LogP contribution is 2.35. The van der Waals surface area contributed by atoms with Gasteiger partial charge < -0.3 is 10.6 Å². The summed E-state index contributed by atoms with van der Waals surface area (Å²) in [4.78, 5) is 5.09. The minimum Gasteiger partial charge on any atom is -0.365 e. The topological polar surface area (TPSA) is 32.5 Å². The van der Waals surface area contributed by atoms with Crippen molar-refractivity contribution in [3.05, 3.63) is 29.8 Å². The molecule has 0 aliphatic carbocycles. The van der Waals surface area contributed by atoms with E-state index >= 15 is 0 Å². The van der Waals surface area contributed by atoms with Crippen LogP contribution >= 0.6 is 0 Å². The Morgan fingerprint density at radius 3 is 2.71 bits per heavy atom. The van der Waals surface area contributed by atoms with Crippen molar-refractivity contribution in [2.24, 2.45) is 5.73 Å². The molecule has 0 saturated carbocycles.